The normalized spacial score (nSPS) is 21.2. The highest BCUT2D eigenvalue weighted by atomic mass is 16.6. The van der Waals surface area contributed by atoms with Crippen LogP contribution >= 0.6 is 0 Å². The van der Waals surface area contributed by atoms with E-state index in [4.69, 9.17) is 9.84 Å². The average Bonchev–Trinajstić information content (AvgIpc) is 2.87. The summed E-state index contributed by atoms with van der Waals surface area (Å²) in [4.78, 5) is 10.7. The number of epoxide rings is 1. The molecule has 1 heterocycles. The first-order chi connectivity index (χ1) is 6.24. The van der Waals surface area contributed by atoms with E-state index in [2.05, 4.69) is 6.58 Å². The van der Waals surface area contributed by atoms with E-state index in [9.17, 15) is 4.79 Å². The molecular weight excluding hydrogens is 168 g/mol. The molecule has 0 aromatic rings. The summed E-state index contributed by atoms with van der Waals surface area (Å²) in [6, 6.07) is 0. The lowest BCUT2D eigenvalue weighted by Gasteiger charge is -1.99. The maximum Gasteiger partial charge on any atom is 0.331 e. The lowest BCUT2D eigenvalue weighted by molar-refractivity contribution is -0.132. The Bertz CT molecular complexity index is 226. The lowest BCUT2D eigenvalue weighted by Crippen LogP contribution is -2.02. The van der Waals surface area contributed by atoms with Crippen molar-refractivity contribution in [2.45, 2.75) is 25.4 Å². The van der Waals surface area contributed by atoms with Crippen molar-refractivity contribution in [2.24, 2.45) is 0 Å². The third-order valence-corrected chi connectivity index (χ3v) is 1.94. The van der Waals surface area contributed by atoms with Gasteiger partial charge < -0.3 is 9.84 Å². The van der Waals surface area contributed by atoms with Gasteiger partial charge in [-0.05, 0) is 19.3 Å². The number of allylic oxidation sites excluding steroid dienone is 2. The minimum atomic E-state index is -0.831. The van der Waals surface area contributed by atoms with Crippen LogP contribution in [0.4, 0.5) is 0 Å². The molecule has 1 fully saturated rings. The summed E-state index contributed by atoms with van der Waals surface area (Å²) in [5.41, 5.74) is 0.468. The van der Waals surface area contributed by atoms with Crippen molar-refractivity contribution in [2.75, 3.05) is 6.61 Å². The molecule has 1 rings (SSSR count). The maximum absolute atomic E-state index is 10.7. The Labute approximate surface area is 77.7 Å². The van der Waals surface area contributed by atoms with Crippen LogP contribution in [0.2, 0.25) is 0 Å². The molecule has 3 nitrogen and oxygen atoms in total. The first kappa shape index (κ1) is 9.99. The van der Waals surface area contributed by atoms with E-state index in [0.717, 1.165) is 13.0 Å². The van der Waals surface area contributed by atoms with E-state index in [1.807, 2.05) is 0 Å². The van der Waals surface area contributed by atoms with Crippen molar-refractivity contribution in [1.29, 1.82) is 0 Å². The molecule has 3 heteroatoms. The number of hydrogen-bond donors (Lipinski definition) is 1. The largest absolute Gasteiger partial charge is 0.478 e. The Balaban J connectivity index is 2.35. The van der Waals surface area contributed by atoms with E-state index in [1.165, 1.54) is 0 Å². The van der Waals surface area contributed by atoms with Gasteiger partial charge in [0.1, 0.15) is 0 Å². The van der Waals surface area contributed by atoms with Crippen molar-refractivity contribution < 1.29 is 14.6 Å². The second-order valence-corrected chi connectivity index (χ2v) is 3.05. The van der Waals surface area contributed by atoms with Gasteiger partial charge in [0.25, 0.3) is 0 Å². The predicted octanol–water partition coefficient (Wildman–Crippen LogP) is 1.75. The minimum Gasteiger partial charge on any atom is -0.478 e. The number of carboxylic acids is 1. The van der Waals surface area contributed by atoms with Gasteiger partial charge in [-0.15, -0.1) is 6.58 Å². The van der Waals surface area contributed by atoms with Gasteiger partial charge in [0.15, 0.2) is 0 Å². The SMILES string of the molecule is C=CCC=C(CCC1CO1)C(=O)O. The Morgan fingerprint density at radius 2 is 2.38 bits per heavy atom. The molecule has 0 radical (unpaired) electrons. The highest BCUT2D eigenvalue weighted by molar-refractivity contribution is 5.86. The van der Waals surface area contributed by atoms with Crippen LogP contribution in [0.3, 0.4) is 0 Å². The third kappa shape index (κ3) is 3.90. The van der Waals surface area contributed by atoms with Crippen molar-refractivity contribution in [1.82, 2.24) is 0 Å². The average molecular weight is 182 g/mol. The van der Waals surface area contributed by atoms with Gasteiger partial charge in [-0.3, -0.25) is 0 Å². The standard InChI is InChI=1S/C10H14O3/c1-2-3-4-8(10(11)12)5-6-9-7-13-9/h2,4,9H,1,3,5-7H2,(H,11,12). The fourth-order valence-corrected chi connectivity index (χ4v) is 1.07. The molecule has 13 heavy (non-hydrogen) atoms. The molecule has 1 saturated heterocycles. The van der Waals surface area contributed by atoms with Gasteiger partial charge >= 0.3 is 5.97 Å². The topological polar surface area (TPSA) is 49.8 Å². The van der Waals surface area contributed by atoms with Crippen LogP contribution in [-0.4, -0.2) is 23.8 Å². The summed E-state index contributed by atoms with van der Waals surface area (Å²) in [6.07, 6.45) is 5.72. The molecule has 0 aromatic carbocycles. The summed E-state index contributed by atoms with van der Waals surface area (Å²) in [7, 11) is 0. The lowest BCUT2D eigenvalue weighted by atomic mass is 10.1. The molecule has 1 N–H and O–H groups in total. The molecule has 0 saturated carbocycles. The Hall–Kier alpha value is -1.09. The molecule has 0 aromatic heterocycles. The molecule has 1 unspecified atom stereocenters. The predicted molar refractivity (Wildman–Crippen MR) is 49.5 cm³/mol. The molecule has 0 bridgehead atoms. The fraction of sp³-hybridized carbons (Fsp3) is 0.500. The second kappa shape index (κ2) is 4.82. The maximum atomic E-state index is 10.7. The molecule has 1 atom stereocenters. The summed E-state index contributed by atoms with van der Waals surface area (Å²) in [5.74, 6) is -0.831. The summed E-state index contributed by atoms with van der Waals surface area (Å²) in [5, 5.41) is 8.79. The quantitative estimate of drug-likeness (QED) is 0.387. The Morgan fingerprint density at radius 3 is 2.85 bits per heavy atom. The fourth-order valence-electron chi connectivity index (χ4n) is 1.07. The molecule has 72 valence electrons. The zero-order valence-electron chi connectivity index (χ0n) is 7.53. The number of carboxylic acid groups (broad SMARTS) is 1. The van der Waals surface area contributed by atoms with Crippen LogP contribution in [0.15, 0.2) is 24.3 Å². The van der Waals surface area contributed by atoms with Gasteiger partial charge in [-0.25, -0.2) is 4.79 Å². The molecular formula is C10H14O3. The second-order valence-electron chi connectivity index (χ2n) is 3.05. The van der Waals surface area contributed by atoms with Crippen LogP contribution in [-0.2, 0) is 9.53 Å². The van der Waals surface area contributed by atoms with Gasteiger partial charge in [0.2, 0.25) is 0 Å². The van der Waals surface area contributed by atoms with Crippen LogP contribution in [0.25, 0.3) is 0 Å². The van der Waals surface area contributed by atoms with E-state index in [0.29, 0.717) is 24.5 Å². The summed E-state index contributed by atoms with van der Waals surface area (Å²) < 4.78 is 5.00. The van der Waals surface area contributed by atoms with Crippen molar-refractivity contribution in [3.8, 4) is 0 Å². The van der Waals surface area contributed by atoms with Crippen LogP contribution < -0.4 is 0 Å². The molecule has 1 aliphatic rings. The summed E-state index contributed by atoms with van der Waals surface area (Å²) in [6.45, 7) is 4.32. The van der Waals surface area contributed by atoms with Crippen molar-refractivity contribution in [3.05, 3.63) is 24.3 Å². The Morgan fingerprint density at radius 1 is 1.69 bits per heavy atom. The van der Waals surface area contributed by atoms with Crippen LogP contribution in [0.5, 0.6) is 0 Å². The Kier molecular flexibility index (Phi) is 3.71. The van der Waals surface area contributed by atoms with Crippen LogP contribution in [0.1, 0.15) is 19.3 Å². The first-order valence-electron chi connectivity index (χ1n) is 4.39. The van der Waals surface area contributed by atoms with Gasteiger partial charge in [0, 0.05) is 5.57 Å². The molecule has 0 aliphatic carbocycles. The van der Waals surface area contributed by atoms with Crippen molar-refractivity contribution in [3.63, 3.8) is 0 Å². The minimum absolute atomic E-state index is 0.298. The van der Waals surface area contributed by atoms with Crippen LogP contribution in [0, 0.1) is 0 Å². The highest BCUT2D eigenvalue weighted by Gasteiger charge is 2.23. The number of aliphatic carboxylic acids is 1. The smallest absolute Gasteiger partial charge is 0.331 e. The highest BCUT2D eigenvalue weighted by Crippen LogP contribution is 2.19. The van der Waals surface area contributed by atoms with E-state index in [-0.39, 0.29) is 0 Å². The molecule has 1 aliphatic heterocycles. The number of rotatable bonds is 6. The van der Waals surface area contributed by atoms with Gasteiger partial charge in [-0.1, -0.05) is 12.2 Å². The monoisotopic (exact) mass is 182 g/mol. The number of hydrogen-bond acceptors (Lipinski definition) is 2. The molecule has 0 spiro atoms. The number of carbonyl (C=O) groups is 1. The zero-order chi connectivity index (χ0) is 9.68. The summed E-state index contributed by atoms with van der Waals surface area (Å²) >= 11 is 0. The van der Waals surface area contributed by atoms with E-state index < -0.39 is 5.97 Å². The zero-order valence-corrected chi connectivity index (χ0v) is 7.53. The van der Waals surface area contributed by atoms with Gasteiger partial charge in [0.05, 0.1) is 12.7 Å². The number of ether oxygens (including phenoxy) is 1. The third-order valence-electron chi connectivity index (χ3n) is 1.94. The van der Waals surface area contributed by atoms with Gasteiger partial charge in [-0.2, -0.15) is 0 Å². The van der Waals surface area contributed by atoms with Crippen molar-refractivity contribution >= 4 is 5.97 Å². The molecule has 0 amide bonds. The van der Waals surface area contributed by atoms with E-state index in [1.54, 1.807) is 12.2 Å². The first-order valence-corrected chi connectivity index (χ1v) is 4.39. The van der Waals surface area contributed by atoms with E-state index >= 15 is 0 Å².